The highest BCUT2D eigenvalue weighted by molar-refractivity contribution is 9.10. The fourth-order valence-electron chi connectivity index (χ4n) is 7.47. The zero-order valence-electron chi connectivity index (χ0n) is 28.3. The Morgan fingerprint density at radius 1 is 0.481 bits per heavy atom. The number of benzene rings is 6. The monoisotopic (exact) mass is 806 g/mol. The van der Waals surface area contributed by atoms with Crippen molar-refractivity contribution in [3.63, 3.8) is 0 Å². The van der Waals surface area contributed by atoms with Gasteiger partial charge in [0, 0.05) is 20.1 Å². The zero-order valence-corrected chi connectivity index (χ0v) is 31.5. The highest BCUT2D eigenvalue weighted by Crippen LogP contribution is 2.42. The molecule has 4 atom stereocenters. The van der Waals surface area contributed by atoms with Crippen LogP contribution < -0.4 is 0 Å². The van der Waals surface area contributed by atoms with Gasteiger partial charge < -0.3 is 0 Å². The number of amidine groups is 2. The van der Waals surface area contributed by atoms with Crippen LogP contribution >= 0.6 is 31.9 Å². The molecular formula is C45H36Br2N4O. The zero-order chi connectivity index (χ0) is 35.4. The minimum absolute atomic E-state index is 0.161. The Bertz CT molecular complexity index is 2070. The third-order valence-electron chi connectivity index (χ3n) is 9.75. The first-order valence-electron chi connectivity index (χ1n) is 17.5. The molecule has 0 aromatic heterocycles. The molecule has 0 N–H and O–H groups in total. The van der Waals surface area contributed by atoms with Crippen molar-refractivity contribution in [2.24, 2.45) is 9.98 Å². The lowest BCUT2D eigenvalue weighted by Gasteiger charge is -2.36. The Morgan fingerprint density at radius 3 is 1.21 bits per heavy atom. The van der Waals surface area contributed by atoms with Crippen LogP contribution in [0.2, 0.25) is 0 Å². The SMILES string of the molecule is O=C(N1C(c2cccc(Br)c2)=NC(Cc2ccccc2)C1c1ccccc1)N1C(c2cccc(Br)c2)=NC(Cc2ccccc2)C1c1ccccc1. The van der Waals surface area contributed by atoms with E-state index in [1.165, 1.54) is 11.1 Å². The van der Waals surface area contributed by atoms with Gasteiger partial charge in [0.1, 0.15) is 11.7 Å². The number of urea groups is 1. The molecule has 2 aliphatic heterocycles. The lowest BCUT2D eigenvalue weighted by molar-refractivity contribution is 0.174. The molecule has 0 saturated heterocycles. The molecule has 0 aliphatic carbocycles. The van der Waals surface area contributed by atoms with Crippen molar-refractivity contribution in [1.82, 2.24) is 9.80 Å². The number of nitrogens with zero attached hydrogens (tertiary/aromatic N) is 4. The fraction of sp³-hybridized carbons (Fsp3) is 0.133. The van der Waals surface area contributed by atoms with Crippen LogP contribution in [0.15, 0.2) is 189 Å². The van der Waals surface area contributed by atoms with E-state index in [-0.39, 0.29) is 30.2 Å². The van der Waals surface area contributed by atoms with Crippen molar-refractivity contribution in [3.8, 4) is 0 Å². The first-order valence-corrected chi connectivity index (χ1v) is 19.1. The van der Waals surface area contributed by atoms with E-state index in [0.29, 0.717) is 24.5 Å². The molecule has 4 unspecified atom stereocenters. The van der Waals surface area contributed by atoms with Crippen LogP contribution in [0.5, 0.6) is 0 Å². The van der Waals surface area contributed by atoms with E-state index in [9.17, 15) is 0 Å². The molecule has 2 aliphatic rings. The summed E-state index contributed by atoms with van der Waals surface area (Å²) in [5.74, 6) is 1.29. The maximum Gasteiger partial charge on any atom is 0.332 e. The molecule has 7 heteroatoms. The summed E-state index contributed by atoms with van der Waals surface area (Å²) >= 11 is 7.39. The maximum atomic E-state index is 16.0. The Kier molecular flexibility index (Phi) is 9.97. The summed E-state index contributed by atoms with van der Waals surface area (Å²) < 4.78 is 1.84. The maximum absolute atomic E-state index is 16.0. The second-order valence-electron chi connectivity index (χ2n) is 13.2. The van der Waals surface area contributed by atoms with Crippen LogP contribution in [-0.4, -0.2) is 39.6 Å². The van der Waals surface area contributed by atoms with E-state index in [4.69, 9.17) is 9.98 Å². The minimum Gasteiger partial charge on any atom is -0.268 e. The Balaban J connectivity index is 1.32. The van der Waals surface area contributed by atoms with E-state index >= 15 is 4.79 Å². The lowest BCUT2D eigenvalue weighted by Crippen LogP contribution is -2.50. The standard InChI is InChI=1S/C45H36Br2N4O/c46-37-25-13-23-35(29-37)43-48-39(27-31-15-5-1-6-16-31)41(33-19-9-3-10-20-33)50(43)45(52)51-42(34-21-11-4-12-22-34)40(28-32-17-7-2-8-18-32)49-44(51)36-24-14-26-38(47)30-36/h1-26,29-30,39-42H,27-28H2. The first kappa shape index (κ1) is 34.0. The molecule has 0 saturated carbocycles. The molecular weight excluding hydrogens is 772 g/mol. The molecule has 0 radical (unpaired) electrons. The van der Waals surface area contributed by atoms with Crippen LogP contribution in [0.25, 0.3) is 0 Å². The molecule has 5 nitrogen and oxygen atoms in total. The average Bonchev–Trinajstić information content (AvgIpc) is 3.75. The topological polar surface area (TPSA) is 48.3 Å². The van der Waals surface area contributed by atoms with Gasteiger partial charge in [-0.1, -0.05) is 177 Å². The van der Waals surface area contributed by atoms with Gasteiger partial charge in [0.25, 0.3) is 0 Å². The molecule has 8 rings (SSSR count). The van der Waals surface area contributed by atoms with Gasteiger partial charge >= 0.3 is 6.03 Å². The van der Waals surface area contributed by atoms with E-state index in [1.54, 1.807) is 0 Å². The predicted molar refractivity (Wildman–Crippen MR) is 217 cm³/mol. The molecule has 52 heavy (non-hydrogen) atoms. The van der Waals surface area contributed by atoms with Gasteiger partial charge in [-0.3, -0.25) is 19.8 Å². The van der Waals surface area contributed by atoms with E-state index in [0.717, 1.165) is 31.2 Å². The quantitative estimate of drug-likeness (QED) is 0.151. The average molecular weight is 809 g/mol. The summed E-state index contributed by atoms with van der Waals surface area (Å²) in [6.07, 6.45) is 1.35. The van der Waals surface area contributed by atoms with Crippen molar-refractivity contribution in [3.05, 3.63) is 212 Å². The van der Waals surface area contributed by atoms with E-state index in [2.05, 4.69) is 105 Å². The number of carbonyl (C=O) groups is 1. The number of amides is 2. The van der Waals surface area contributed by atoms with E-state index in [1.807, 2.05) is 107 Å². The molecule has 0 fully saturated rings. The van der Waals surface area contributed by atoms with E-state index < -0.39 is 0 Å². The van der Waals surface area contributed by atoms with Crippen molar-refractivity contribution in [2.45, 2.75) is 37.0 Å². The molecule has 0 spiro atoms. The number of hydrogen-bond acceptors (Lipinski definition) is 3. The number of halogens is 2. The fourth-order valence-corrected chi connectivity index (χ4v) is 8.27. The largest absolute Gasteiger partial charge is 0.332 e. The van der Waals surface area contributed by atoms with Gasteiger partial charge in [-0.2, -0.15) is 0 Å². The highest BCUT2D eigenvalue weighted by atomic mass is 79.9. The number of aliphatic imine (C=N–C) groups is 2. The van der Waals surface area contributed by atoms with Gasteiger partial charge in [0.2, 0.25) is 0 Å². The number of carbonyl (C=O) groups excluding carboxylic acids is 1. The van der Waals surface area contributed by atoms with Crippen molar-refractivity contribution in [2.75, 3.05) is 0 Å². The van der Waals surface area contributed by atoms with Crippen LogP contribution in [0.1, 0.15) is 45.5 Å². The smallest absolute Gasteiger partial charge is 0.268 e. The van der Waals surface area contributed by atoms with Gasteiger partial charge in [0.05, 0.1) is 24.2 Å². The molecule has 2 amide bonds. The molecule has 2 heterocycles. The Hall–Kier alpha value is -5.11. The van der Waals surface area contributed by atoms with Crippen LogP contribution in [-0.2, 0) is 12.8 Å². The summed E-state index contributed by atoms with van der Waals surface area (Å²) in [5, 5.41) is 0. The third kappa shape index (κ3) is 7.03. The molecule has 6 aromatic rings. The third-order valence-corrected chi connectivity index (χ3v) is 10.7. The lowest BCUT2D eigenvalue weighted by atomic mass is 9.93. The van der Waals surface area contributed by atoms with Crippen LogP contribution in [0.3, 0.4) is 0 Å². The molecule has 6 aromatic carbocycles. The van der Waals surface area contributed by atoms with Crippen molar-refractivity contribution < 1.29 is 4.79 Å². The van der Waals surface area contributed by atoms with Crippen molar-refractivity contribution in [1.29, 1.82) is 0 Å². The predicted octanol–water partition coefficient (Wildman–Crippen LogP) is 10.9. The Morgan fingerprint density at radius 2 is 0.846 bits per heavy atom. The summed E-state index contributed by atoms with van der Waals surface area (Å²) in [4.78, 5) is 30.8. The van der Waals surface area contributed by atoms with Gasteiger partial charge in [-0.15, -0.1) is 0 Å². The van der Waals surface area contributed by atoms with Crippen LogP contribution in [0, 0.1) is 0 Å². The summed E-state index contributed by atoms with van der Waals surface area (Å²) in [7, 11) is 0. The summed E-state index contributed by atoms with van der Waals surface area (Å²) in [5.41, 5.74) is 6.14. The first-order chi connectivity index (χ1) is 25.5. The summed E-state index contributed by atoms with van der Waals surface area (Å²) in [6, 6.07) is 56.3. The normalized spacial score (nSPS) is 19.7. The van der Waals surface area contributed by atoms with Gasteiger partial charge in [0.15, 0.2) is 0 Å². The Labute approximate surface area is 321 Å². The minimum atomic E-state index is -0.365. The molecule has 256 valence electrons. The van der Waals surface area contributed by atoms with Gasteiger partial charge in [-0.25, -0.2) is 4.79 Å². The highest BCUT2D eigenvalue weighted by Gasteiger charge is 2.49. The number of rotatable bonds is 8. The second-order valence-corrected chi connectivity index (χ2v) is 15.0. The molecule has 0 bridgehead atoms. The summed E-state index contributed by atoms with van der Waals surface area (Å²) in [6.45, 7) is 0. The second kappa shape index (κ2) is 15.2. The van der Waals surface area contributed by atoms with Crippen LogP contribution in [0.4, 0.5) is 4.79 Å². The van der Waals surface area contributed by atoms with Crippen molar-refractivity contribution >= 4 is 49.6 Å². The van der Waals surface area contributed by atoms with Gasteiger partial charge in [-0.05, 0) is 59.4 Å². The number of hydrogen-bond donors (Lipinski definition) is 0.